The number of carbonyl (C=O) groups excluding carboxylic acids is 1. The third-order valence-electron chi connectivity index (χ3n) is 3.90. The van der Waals surface area contributed by atoms with Crippen LogP contribution in [0.3, 0.4) is 0 Å². The van der Waals surface area contributed by atoms with Crippen LogP contribution in [0.15, 0.2) is 36.0 Å². The fourth-order valence-electron chi connectivity index (χ4n) is 2.65. The van der Waals surface area contributed by atoms with E-state index in [2.05, 4.69) is 20.4 Å². The average molecular weight is 340 g/mol. The number of benzene rings is 1. The van der Waals surface area contributed by atoms with Crippen LogP contribution in [0.2, 0.25) is 0 Å². The van der Waals surface area contributed by atoms with Crippen LogP contribution in [0.1, 0.15) is 21.9 Å². The molecule has 1 N–H and O–H groups in total. The topological polar surface area (TPSA) is 75.9 Å². The fourth-order valence-corrected chi connectivity index (χ4v) is 3.36. The summed E-state index contributed by atoms with van der Waals surface area (Å²) in [5.41, 5.74) is 2.58. The minimum Gasteiger partial charge on any atom is -0.332 e. The van der Waals surface area contributed by atoms with E-state index in [1.54, 1.807) is 16.2 Å². The molecule has 0 unspecified atom stereocenters. The molecule has 0 radical (unpaired) electrons. The third kappa shape index (κ3) is 2.88. The van der Waals surface area contributed by atoms with E-state index in [-0.39, 0.29) is 5.91 Å². The molecule has 0 saturated carbocycles. The Hall–Kier alpha value is -2.74. The zero-order chi connectivity index (χ0) is 16.5. The highest BCUT2D eigenvalue weighted by Gasteiger charge is 2.22. The van der Waals surface area contributed by atoms with E-state index in [9.17, 15) is 4.79 Å². The zero-order valence-corrected chi connectivity index (χ0v) is 14.0. The van der Waals surface area contributed by atoms with Gasteiger partial charge in [-0.3, -0.25) is 4.79 Å². The molecule has 0 bridgehead atoms. The number of aryl methyl sites for hydroxylation is 1. The molecule has 3 aromatic rings. The van der Waals surface area contributed by atoms with Crippen molar-refractivity contribution in [2.75, 3.05) is 11.9 Å². The fraction of sp³-hybridized carbons (Fsp3) is 0.250. The Morgan fingerprint density at radius 1 is 1.25 bits per heavy atom. The highest BCUT2D eigenvalue weighted by molar-refractivity contribution is 7.13. The second-order valence-corrected chi connectivity index (χ2v) is 6.48. The van der Waals surface area contributed by atoms with Gasteiger partial charge >= 0.3 is 0 Å². The molecule has 1 amide bonds. The quantitative estimate of drug-likeness (QED) is 0.792. The maximum absolute atomic E-state index is 12.6. The van der Waals surface area contributed by atoms with Crippen LogP contribution in [-0.4, -0.2) is 37.1 Å². The summed E-state index contributed by atoms with van der Waals surface area (Å²) in [7, 11) is 0. The maximum atomic E-state index is 12.6. The lowest BCUT2D eigenvalue weighted by Gasteiger charge is -2.26. The zero-order valence-electron chi connectivity index (χ0n) is 13.1. The summed E-state index contributed by atoms with van der Waals surface area (Å²) in [5, 5.41) is 10.2. The highest BCUT2D eigenvalue weighted by atomic mass is 32.1. The molecule has 1 aliphatic rings. The van der Waals surface area contributed by atoms with Gasteiger partial charge in [0.15, 0.2) is 5.13 Å². The maximum Gasteiger partial charge on any atom is 0.254 e. The molecule has 1 aromatic carbocycles. The Morgan fingerprint density at radius 2 is 2.08 bits per heavy atom. The molecule has 4 rings (SSSR count). The van der Waals surface area contributed by atoms with Crippen molar-refractivity contribution in [2.45, 2.75) is 20.0 Å². The number of carbonyl (C=O) groups is 1. The van der Waals surface area contributed by atoms with Gasteiger partial charge in [0, 0.05) is 23.2 Å². The number of nitrogens with one attached hydrogen (secondary N) is 1. The van der Waals surface area contributed by atoms with Crippen molar-refractivity contribution in [3.63, 3.8) is 0 Å². The number of amides is 1. The van der Waals surface area contributed by atoms with Crippen molar-refractivity contribution in [1.29, 1.82) is 0 Å². The number of fused-ring (bicyclic) bond motifs is 1. The van der Waals surface area contributed by atoms with E-state index in [0.29, 0.717) is 25.2 Å². The second kappa shape index (κ2) is 6.04. The van der Waals surface area contributed by atoms with Gasteiger partial charge in [-0.2, -0.15) is 5.10 Å². The summed E-state index contributed by atoms with van der Waals surface area (Å²) in [6.07, 6.45) is 1.53. The first-order valence-corrected chi connectivity index (χ1v) is 8.52. The Morgan fingerprint density at radius 3 is 2.83 bits per heavy atom. The molecule has 2 aromatic heterocycles. The van der Waals surface area contributed by atoms with Crippen molar-refractivity contribution in [1.82, 2.24) is 24.6 Å². The summed E-state index contributed by atoms with van der Waals surface area (Å²) in [6, 6.07) is 7.47. The molecule has 8 heteroatoms. The van der Waals surface area contributed by atoms with Crippen LogP contribution >= 0.6 is 11.3 Å². The molecular weight excluding hydrogens is 324 g/mol. The van der Waals surface area contributed by atoms with Gasteiger partial charge in [0.1, 0.15) is 12.2 Å². The predicted octanol–water partition coefficient (Wildman–Crippen LogP) is 2.44. The number of aromatic nitrogens is 4. The first-order valence-electron chi connectivity index (χ1n) is 7.64. The number of rotatable bonds is 3. The standard InChI is InChI=1S/C16H16N6OS/c1-11-9-24-16(19-11)20-13-4-2-12(3-5-13)15(23)21-6-7-22-14(8-21)17-10-18-22/h2-5,9-10H,6-8H2,1H3,(H,19,20). The number of hydrogen-bond donors (Lipinski definition) is 1. The van der Waals surface area contributed by atoms with Crippen LogP contribution < -0.4 is 5.32 Å². The van der Waals surface area contributed by atoms with Gasteiger partial charge in [-0.25, -0.2) is 14.6 Å². The van der Waals surface area contributed by atoms with Crippen LogP contribution in [0.4, 0.5) is 10.8 Å². The number of anilines is 2. The number of thiazole rings is 1. The molecule has 1 aliphatic heterocycles. The summed E-state index contributed by atoms with van der Waals surface area (Å²) in [4.78, 5) is 23.0. The third-order valence-corrected chi connectivity index (χ3v) is 4.77. The lowest BCUT2D eigenvalue weighted by molar-refractivity contribution is 0.0702. The molecule has 7 nitrogen and oxygen atoms in total. The van der Waals surface area contributed by atoms with Crippen LogP contribution in [0.5, 0.6) is 0 Å². The summed E-state index contributed by atoms with van der Waals surface area (Å²) in [6.45, 7) is 3.79. The minimum absolute atomic E-state index is 0.0147. The van der Waals surface area contributed by atoms with Gasteiger partial charge in [-0.1, -0.05) is 0 Å². The van der Waals surface area contributed by atoms with Gasteiger partial charge in [-0.05, 0) is 31.2 Å². The van der Waals surface area contributed by atoms with E-state index in [4.69, 9.17) is 0 Å². The Labute approximate surface area is 143 Å². The van der Waals surface area contributed by atoms with Gasteiger partial charge in [-0.15, -0.1) is 11.3 Å². The Balaban J connectivity index is 1.45. The van der Waals surface area contributed by atoms with Crippen molar-refractivity contribution in [2.24, 2.45) is 0 Å². The molecule has 122 valence electrons. The average Bonchev–Trinajstić information content (AvgIpc) is 3.23. The molecule has 0 spiro atoms. The molecule has 0 atom stereocenters. The van der Waals surface area contributed by atoms with Crippen molar-refractivity contribution in [3.05, 3.63) is 53.1 Å². The van der Waals surface area contributed by atoms with Crippen molar-refractivity contribution >= 4 is 28.1 Å². The summed E-state index contributed by atoms with van der Waals surface area (Å²) in [5.74, 6) is 0.841. The van der Waals surface area contributed by atoms with Gasteiger partial charge in [0.05, 0.1) is 18.8 Å². The lowest BCUT2D eigenvalue weighted by Crippen LogP contribution is -2.38. The van der Waals surface area contributed by atoms with Crippen LogP contribution in [-0.2, 0) is 13.1 Å². The van der Waals surface area contributed by atoms with E-state index in [1.807, 2.05) is 41.3 Å². The molecule has 0 fully saturated rings. The first kappa shape index (κ1) is 14.8. The van der Waals surface area contributed by atoms with Crippen molar-refractivity contribution in [3.8, 4) is 0 Å². The second-order valence-electron chi connectivity index (χ2n) is 5.62. The van der Waals surface area contributed by atoms with Gasteiger partial charge in [0.2, 0.25) is 0 Å². The van der Waals surface area contributed by atoms with E-state index in [1.165, 1.54) is 6.33 Å². The number of nitrogens with zero attached hydrogens (tertiary/aromatic N) is 5. The smallest absolute Gasteiger partial charge is 0.254 e. The van der Waals surface area contributed by atoms with Crippen molar-refractivity contribution < 1.29 is 4.79 Å². The molecular formula is C16H16N6OS. The Bertz CT molecular complexity index is 869. The van der Waals surface area contributed by atoms with Crippen LogP contribution in [0, 0.1) is 6.92 Å². The summed E-state index contributed by atoms with van der Waals surface area (Å²) < 4.78 is 1.84. The number of hydrogen-bond acceptors (Lipinski definition) is 6. The summed E-state index contributed by atoms with van der Waals surface area (Å²) >= 11 is 1.56. The SMILES string of the molecule is Cc1csc(Nc2ccc(C(=O)N3CCn4ncnc4C3)cc2)n1. The normalized spacial score (nSPS) is 13.6. The molecule has 3 heterocycles. The molecule has 0 aliphatic carbocycles. The Kier molecular flexibility index (Phi) is 3.73. The monoisotopic (exact) mass is 340 g/mol. The predicted molar refractivity (Wildman–Crippen MR) is 91.3 cm³/mol. The van der Waals surface area contributed by atoms with Gasteiger partial charge in [0.25, 0.3) is 5.91 Å². The van der Waals surface area contributed by atoms with E-state index < -0.39 is 0 Å². The van der Waals surface area contributed by atoms with E-state index in [0.717, 1.165) is 22.3 Å². The minimum atomic E-state index is 0.0147. The first-order chi connectivity index (χ1) is 11.7. The molecule has 24 heavy (non-hydrogen) atoms. The van der Waals surface area contributed by atoms with Crippen LogP contribution in [0.25, 0.3) is 0 Å². The van der Waals surface area contributed by atoms with Gasteiger partial charge < -0.3 is 10.2 Å². The lowest BCUT2D eigenvalue weighted by atomic mass is 10.1. The highest BCUT2D eigenvalue weighted by Crippen LogP contribution is 2.21. The van der Waals surface area contributed by atoms with E-state index >= 15 is 0 Å². The largest absolute Gasteiger partial charge is 0.332 e. The molecule has 0 saturated heterocycles.